The molecule has 0 aliphatic heterocycles. The molecule has 0 aromatic heterocycles. The molecule has 0 amide bonds. The molecule has 0 heterocycles. The van der Waals surface area contributed by atoms with Crippen LogP contribution in [-0.2, 0) is 0 Å². The number of hydrogen-bond donors (Lipinski definition) is 1. The molecule has 2 aliphatic carbocycles. The summed E-state index contributed by atoms with van der Waals surface area (Å²) < 4.78 is 0. The second-order valence-electron chi connectivity index (χ2n) is 7.72. The molecule has 2 atom stereocenters. The van der Waals surface area contributed by atoms with Gasteiger partial charge in [0.25, 0.3) is 0 Å². The molecule has 0 aromatic carbocycles. The Hall–Kier alpha value is -0.820. The Morgan fingerprint density at radius 3 is 2.52 bits per heavy atom. The molecule has 0 fully saturated rings. The van der Waals surface area contributed by atoms with Crippen LogP contribution in [-0.4, -0.2) is 10.7 Å². The Morgan fingerprint density at radius 1 is 1.24 bits per heavy atom. The van der Waals surface area contributed by atoms with Gasteiger partial charge in [-0.2, -0.15) is 0 Å². The van der Waals surface area contributed by atoms with E-state index in [1.165, 1.54) is 35.1 Å². The fraction of sp³-hybridized carbons (Fsp3) is 0.700. The third-order valence-corrected chi connectivity index (χ3v) is 5.63. The zero-order valence-electron chi connectivity index (χ0n) is 14.6. The van der Waals surface area contributed by atoms with Crippen LogP contribution in [0.2, 0.25) is 0 Å². The molecule has 0 spiro atoms. The van der Waals surface area contributed by atoms with Gasteiger partial charge in [-0.25, -0.2) is 0 Å². The second kappa shape index (κ2) is 6.52. The van der Waals surface area contributed by atoms with E-state index in [2.05, 4.69) is 40.7 Å². The summed E-state index contributed by atoms with van der Waals surface area (Å²) in [4.78, 5) is 0. The molecule has 0 saturated carbocycles. The Kier molecular flexibility index (Phi) is 5.14. The lowest BCUT2D eigenvalue weighted by Gasteiger charge is -2.37. The van der Waals surface area contributed by atoms with Crippen molar-refractivity contribution in [2.45, 2.75) is 85.2 Å². The summed E-state index contributed by atoms with van der Waals surface area (Å²) in [7, 11) is 0. The van der Waals surface area contributed by atoms with E-state index in [4.69, 9.17) is 0 Å². The van der Waals surface area contributed by atoms with Gasteiger partial charge in [-0.05, 0) is 85.5 Å². The Bertz CT molecular complexity index is 484. The molecule has 118 valence electrons. The minimum atomic E-state index is -0.558. The van der Waals surface area contributed by atoms with E-state index in [1.807, 2.05) is 0 Å². The molecular weight excluding hydrogens is 256 g/mol. The monoisotopic (exact) mass is 288 g/mol. The van der Waals surface area contributed by atoms with E-state index in [0.29, 0.717) is 5.92 Å². The van der Waals surface area contributed by atoms with Gasteiger partial charge in [-0.3, -0.25) is 0 Å². The Labute approximate surface area is 130 Å². The number of rotatable bonds is 3. The molecular formula is C20H32O. The molecule has 0 bridgehead atoms. The van der Waals surface area contributed by atoms with Crippen molar-refractivity contribution >= 4 is 0 Å². The molecule has 21 heavy (non-hydrogen) atoms. The van der Waals surface area contributed by atoms with Gasteiger partial charge in [0.05, 0.1) is 5.60 Å². The van der Waals surface area contributed by atoms with Crippen molar-refractivity contribution in [1.82, 2.24) is 0 Å². The molecule has 0 aromatic rings. The third kappa shape index (κ3) is 4.10. The molecule has 0 saturated heterocycles. The van der Waals surface area contributed by atoms with Crippen LogP contribution in [0.5, 0.6) is 0 Å². The first-order valence-corrected chi connectivity index (χ1v) is 8.50. The fourth-order valence-electron chi connectivity index (χ4n) is 3.76. The van der Waals surface area contributed by atoms with Gasteiger partial charge in [0.1, 0.15) is 0 Å². The van der Waals surface area contributed by atoms with Crippen molar-refractivity contribution in [2.75, 3.05) is 0 Å². The van der Waals surface area contributed by atoms with Gasteiger partial charge in [-0.15, -0.1) is 0 Å². The highest BCUT2D eigenvalue weighted by molar-refractivity contribution is 5.29. The zero-order valence-corrected chi connectivity index (χ0v) is 14.6. The standard InChI is InChI=1S/C20H32O/c1-14(2)17-9-8-16(4)18(12-17)13-20(5,21)19-10-6-15(3)7-11-19/h6,19,21H,7-13H2,1-5H3. The van der Waals surface area contributed by atoms with Gasteiger partial charge in [-0.1, -0.05) is 33.9 Å². The minimum absolute atomic E-state index is 0.415. The van der Waals surface area contributed by atoms with E-state index < -0.39 is 5.60 Å². The molecule has 1 heteroatoms. The SMILES string of the molecule is CC1=CCC(C(C)(O)CC2=C(C)CCC(=C(C)C)C2)CC1. The van der Waals surface area contributed by atoms with Gasteiger partial charge >= 0.3 is 0 Å². The highest BCUT2D eigenvalue weighted by Crippen LogP contribution is 2.40. The number of allylic oxidation sites excluding steroid dienone is 5. The number of aliphatic hydroxyl groups is 1. The van der Waals surface area contributed by atoms with Crippen LogP contribution in [0.1, 0.15) is 79.6 Å². The lowest BCUT2D eigenvalue weighted by molar-refractivity contribution is -0.00574. The van der Waals surface area contributed by atoms with Crippen LogP contribution < -0.4 is 0 Å². The third-order valence-electron chi connectivity index (χ3n) is 5.63. The molecule has 0 radical (unpaired) electrons. The molecule has 2 aliphatic rings. The highest BCUT2D eigenvalue weighted by Gasteiger charge is 2.34. The zero-order chi connectivity index (χ0) is 15.6. The van der Waals surface area contributed by atoms with Crippen molar-refractivity contribution in [2.24, 2.45) is 5.92 Å². The van der Waals surface area contributed by atoms with E-state index in [0.717, 1.165) is 32.1 Å². The summed E-state index contributed by atoms with van der Waals surface area (Å²) in [6.45, 7) is 11.0. The van der Waals surface area contributed by atoms with Crippen molar-refractivity contribution < 1.29 is 5.11 Å². The summed E-state index contributed by atoms with van der Waals surface area (Å²) in [5, 5.41) is 11.0. The first-order chi connectivity index (χ1) is 9.79. The first kappa shape index (κ1) is 16.5. The van der Waals surface area contributed by atoms with Crippen LogP contribution >= 0.6 is 0 Å². The predicted molar refractivity (Wildman–Crippen MR) is 91.3 cm³/mol. The first-order valence-electron chi connectivity index (χ1n) is 8.50. The topological polar surface area (TPSA) is 20.2 Å². The Morgan fingerprint density at radius 2 is 1.95 bits per heavy atom. The van der Waals surface area contributed by atoms with E-state index >= 15 is 0 Å². The van der Waals surface area contributed by atoms with Crippen molar-refractivity contribution in [3.8, 4) is 0 Å². The van der Waals surface area contributed by atoms with Crippen LogP contribution in [0.15, 0.2) is 33.9 Å². The van der Waals surface area contributed by atoms with Crippen molar-refractivity contribution in [3.63, 3.8) is 0 Å². The lowest BCUT2D eigenvalue weighted by Crippen LogP contribution is -2.36. The quantitative estimate of drug-likeness (QED) is 0.659. The molecule has 2 rings (SSSR count). The lowest BCUT2D eigenvalue weighted by atomic mass is 9.73. The molecule has 1 nitrogen and oxygen atoms in total. The van der Waals surface area contributed by atoms with E-state index in [1.54, 1.807) is 5.57 Å². The van der Waals surface area contributed by atoms with Crippen LogP contribution in [0.4, 0.5) is 0 Å². The normalized spacial score (nSPS) is 26.5. The maximum atomic E-state index is 11.0. The minimum Gasteiger partial charge on any atom is -0.390 e. The van der Waals surface area contributed by atoms with Crippen LogP contribution in [0.3, 0.4) is 0 Å². The van der Waals surface area contributed by atoms with Gasteiger partial charge in [0.2, 0.25) is 0 Å². The van der Waals surface area contributed by atoms with E-state index in [9.17, 15) is 5.11 Å². The average molecular weight is 288 g/mol. The van der Waals surface area contributed by atoms with Gasteiger partial charge in [0, 0.05) is 0 Å². The van der Waals surface area contributed by atoms with Gasteiger partial charge in [0.15, 0.2) is 0 Å². The molecule has 1 N–H and O–H groups in total. The smallest absolute Gasteiger partial charge is 0.0688 e. The molecule has 2 unspecified atom stereocenters. The van der Waals surface area contributed by atoms with E-state index in [-0.39, 0.29) is 0 Å². The summed E-state index contributed by atoms with van der Waals surface area (Å²) in [5.74, 6) is 0.415. The Balaban J connectivity index is 2.10. The number of hydrogen-bond acceptors (Lipinski definition) is 1. The second-order valence-corrected chi connectivity index (χ2v) is 7.72. The van der Waals surface area contributed by atoms with Crippen LogP contribution in [0.25, 0.3) is 0 Å². The largest absolute Gasteiger partial charge is 0.390 e. The maximum Gasteiger partial charge on any atom is 0.0688 e. The summed E-state index contributed by atoms with van der Waals surface area (Å²) >= 11 is 0. The van der Waals surface area contributed by atoms with Crippen LogP contribution in [0, 0.1) is 5.92 Å². The maximum absolute atomic E-state index is 11.0. The summed E-state index contributed by atoms with van der Waals surface area (Å²) in [6, 6.07) is 0. The van der Waals surface area contributed by atoms with Gasteiger partial charge < -0.3 is 5.11 Å². The summed E-state index contributed by atoms with van der Waals surface area (Å²) in [5.41, 5.74) is 7.00. The highest BCUT2D eigenvalue weighted by atomic mass is 16.3. The predicted octanol–water partition coefficient (Wildman–Crippen LogP) is 5.71. The summed E-state index contributed by atoms with van der Waals surface area (Å²) in [6.07, 6.45) is 9.99. The van der Waals surface area contributed by atoms with Crippen molar-refractivity contribution in [3.05, 3.63) is 33.9 Å². The average Bonchev–Trinajstić information content (AvgIpc) is 2.41. The fourth-order valence-corrected chi connectivity index (χ4v) is 3.76. The van der Waals surface area contributed by atoms with Crippen molar-refractivity contribution in [1.29, 1.82) is 0 Å².